The molecule has 214 valence electrons. The Labute approximate surface area is 243 Å². The zero-order chi connectivity index (χ0) is 27.9. The average molecular weight is 553 g/mol. The van der Waals surface area contributed by atoms with Crippen molar-refractivity contribution >= 4 is 0 Å². The highest BCUT2D eigenvalue weighted by atomic mass is 16.5. The predicted octanol–water partition coefficient (Wildman–Crippen LogP) is 6.37. The summed E-state index contributed by atoms with van der Waals surface area (Å²) in [5, 5.41) is 0. The van der Waals surface area contributed by atoms with Gasteiger partial charge in [0.15, 0.2) is 0 Å². The van der Waals surface area contributed by atoms with Gasteiger partial charge in [-0.1, -0.05) is 0 Å². The Balaban J connectivity index is 1.20. The summed E-state index contributed by atoms with van der Waals surface area (Å²) in [5.74, 6) is 3.41. The smallest absolute Gasteiger partial charge is 0.138 e. The maximum absolute atomic E-state index is 6.05. The van der Waals surface area contributed by atoms with Crippen molar-refractivity contribution in [3.63, 3.8) is 0 Å². The van der Waals surface area contributed by atoms with Gasteiger partial charge >= 0.3 is 0 Å². The number of methoxy groups -OCH3 is 1. The number of hydrogen-bond donors (Lipinski definition) is 1. The van der Waals surface area contributed by atoms with Crippen molar-refractivity contribution in [3.8, 4) is 51.2 Å². The molecule has 0 bridgehead atoms. The van der Waals surface area contributed by atoms with Crippen molar-refractivity contribution in [2.75, 3.05) is 59.6 Å². The molecule has 2 saturated heterocycles. The van der Waals surface area contributed by atoms with Crippen LogP contribution in [0.2, 0.25) is 0 Å². The second-order valence-electron chi connectivity index (χ2n) is 10.9. The van der Waals surface area contributed by atoms with E-state index >= 15 is 0 Å². The molecule has 0 saturated carbocycles. The SMILES string of the molecule is COc1ccc(-c2nc(-c3ccc(OCCN4CCCC4)cc3)c(-c3ccc(OCCN4CCCC4)cc3)[nH]2)cc1. The number of benzene rings is 3. The first-order chi connectivity index (χ1) is 20.2. The van der Waals surface area contributed by atoms with Crippen LogP contribution in [0.15, 0.2) is 72.8 Å². The first-order valence-electron chi connectivity index (χ1n) is 14.9. The van der Waals surface area contributed by atoms with Crippen LogP contribution in [-0.4, -0.2) is 79.4 Å². The average Bonchev–Trinajstić information content (AvgIpc) is 3.81. The second-order valence-corrected chi connectivity index (χ2v) is 10.9. The summed E-state index contributed by atoms with van der Waals surface area (Å²) < 4.78 is 17.4. The quantitative estimate of drug-likeness (QED) is 0.220. The molecule has 41 heavy (non-hydrogen) atoms. The van der Waals surface area contributed by atoms with Crippen molar-refractivity contribution in [1.82, 2.24) is 19.8 Å². The lowest BCUT2D eigenvalue weighted by molar-refractivity contribution is 0.237. The standard InChI is InChI=1S/C34H40N4O3/c1-39-29-12-10-28(11-13-29)34-35-32(26-6-14-30(15-7-26)40-24-22-37-18-2-3-19-37)33(36-34)27-8-16-31(17-9-27)41-25-23-38-20-4-5-21-38/h6-17H,2-5,18-25H2,1H3,(H,35,36). The number of H-pyrrole nitrogens is 1. The molecule has 1 aromatic heterocycles. The Bertz CT molecular complexity index is 1290. The highest BCUT2D eigenvalue weighted by Crippen LogP contribution is 2.35. The van der Waals surface area contributed by atoms with Crippen LogP contribution in [0, 0.1) is 0 Å². The lowest BCUT2D eigenvalue weighted by Gasteiger charge is -2.15. The lowest BCUT2D eigenvalue weighted by Crippen LogP contribution is -2.25. The third kappa shape index (κ3) is 6.92. The molecule has 2 fully saturated rings. The number of aromatic amines is 1. The molecule has 3 aromatic carbocycles. The van der Waals surface area contributed by atoms with Crippen molar-refractivity contribution in [1.29, 1.82) is 0 Å². The van der Waals surface area contributed by atoms with Gasteiger partial charge in [-0.15, -0.1) is 0 Å². The van der Waals surface area contributed by atoms with Crippen molar-refractivity contribution in [2.45, 2.75) is 25.7 Å². The van der Waals surface area contributed by atoms with Crippen LogP contribution in [0.1, 0.15) is 25.7 Å². The van der Waals surface area contributed by atoms with Crippen LogP contribution in [0.3, 0.4) is 0 Å². The summed E-state index contributed by atoms with van der Waals surface area (Å²) in [7, 11) is 1.68. The van der Waals surface area contributed by atoms with Crippen LogP contribution < -0.4 is 14.2 Å². The zero-order valence-corrected chi connectivity index (χ0v) is 24.0. The maximum atomic E-state index is 6.05. The predicted molar refractivity (Wildman–Crippen MR) is 164 cm³/mol. The van der Waals surface area contributed by atoms with Gasteiger partial charge < -0.3 is 19.2 Å². The van der Waals surface area contributed by atoms with E-state index in [1.165, 1.54) is 51.9 Å². The third-order valence-electron chi connectivity index (χ3n) is 8.09. The second kappa shape index (κ2) is 13.2. The number of nitrogens with one attached hydrogen (secondary N) is 1. The molecule has 7 heteroatoms. The Morgan fingerprint density at radius 1 is 0.610 bits per heavy atom. The van der Waals surface area contributed by atoms with Crippen LogP contribution in [-0.2, 0) is 0 Å². The fourth-order valence-corrected chi connectivity index (χ4v) is 5.70. The number of aromatic nitrogens is 2. The van der Waals surface area contributed by atoms with Crippen LogP contribution in [0.4, 0.5) is 0 Å². The first kappa shape index (κ1) is 27.4. The third-order valence-corrected chi connectivity index (χ3v) is 8.09. The molecule has 0 atom stereocenters. The highest BCUT2D eigenvalue weighted by molar-refractivity contribution is 5.81. The molecular weight excluding hydrogens is 512 g/mol. The monoisotopic (exact) mass is 552 g/mol. The lowest BCUT2D eigenvalue weighted by atomic mass is 10.0. The van der Waals surface area contributed by atoms with Gasteiger partial charge in [-0.05, 0) is 125 Å². The number of nitrogens with zero attached hydrogens (tertiary/aromatic N) is 3. The summed E-state index contributed by atoms with van der Waals surface area (Å²) in [5.41, 5.74) is 4.98. The van der Waals surface area contributed by atoms with Gasteiger partial charge in [0.2, 0.25) is 0 Å². The number of imidazole rings is 1. The van der Waals surface area contributed by atoms with E-state index in [-0.39, 0.29) is 0 Å². The minimum atomic E-state index is 0.709. The van der Waals surface area contributed by atoms with E-state index in [0.717, 1.165) is 64.2 Å². The molecule has 4 aromatic rings. The van der Waals surface area contributed by atoms with Gasteiger partial charge in [-0.25, -0.2) is 4.98 Å². The number of rotatable bonds is 12. The van der Waals surface area contributed by atoms with E-state index in [1.807, 2.05) is 48.5 Å². The van der Waals surface area contributed by atoms with E-state index in [4.69, 9.17) is 19.2 Å². The van der Waals surface area contributed by atoms with E-state index in [9.17, 15) is 0 Å². The highest BCUT2D eigenvalue weighted by Gasteiger charge is 2.17. The van der Waals surface area contributed by atoms with Gasteiger partial charge in [0.25, 0.3) is 0 Å². The summed E-state index contributed by atoms with van der Waals surface area (Å²) in [6, 6.07) is 24.6. The molecule has 1 N–H and O–H groups in total. The Kier molecular flexibility index (Phi) is 8.83. The molecule has 6 rings (SSSR count). The Morgan fingerprint density at radius 3 is 1.59 bits per heavy atom. The molecule has 7 nitrogen and oxygen atoms in total. The molecule has 2 aliphatic heterocycles. The van der Waals surface area contributed by atoms with Gasteiger partial charge in [0, 0.05) is 29.8 Å². The number of hydrogen-bond acceptors (Lipinski definition) is 6. The van der Waals surface area contributed by atoms with Crippen LogP contribution in [0.25, 0.3) is 33.9 Å². The zero-order valence-electron chi connectivity index (χ0n) is 24.0. The largest absolute Gasteiger partial charge is 0.497 e. The van der Waals surface area contributed by atoms with Gasteiger partial charge in [-0.2, -0.15) is 0 Å². The summed E-state index contributed by atoms with van der Waals surface area (Å²) in [6.45, 7) is 8.13. The molecule has 0 aliphatic carbocycles. The molecule has 0 radical (unpaired) electrons. The van der Waals surface area contributed by atoms with E-state index in [0.29, 0.717) is 13.2 Å². The molecule has 0 unspecified atom stereocenters. The molecule has 2 aliphatic rings. The van der Waals surface area contributed by atoms with Crippen molar-refractivity contribution in [2.24, 2.45) is 0 Å². The van der Waals surface area contributed by atoms with Crippen molar-refractivity contribution < 1.29 is 14.2 Å². The van der Waals surface area contributed by atoms with Gasteiger partial charge in [0.05, 0.1) is 18.5 Å². The summed E-state index contributed by atoms with van der Waals surface area (Å²) in [4.78, 5) is 13.6. The molecular formula is C34H40N4O3. The Hall–Kier alpha value is -3.81. The van der Waals surface area contributed by atoms with E-state index in [1.54, 1.807) is 7.11 Å². The van der Waals surface area contributed by atoms with Gasteiger partial charge in [0.1, 0.15) is 36.3 Å². The molecule has 0 amide bonds. The minimum absolute atomic E-state index is 0.709. The fourth-order valence-electron chi connectivity index (χ4n) is 5.70. The minimum Gasteiger partial charge on any atom is -0.497 e. The topological polar surface area (TPSA) is 62.9 Å². The normalized spacial score (nSPS) is 15.8. The number of likely N-dealkylation sites (tertiary alicyclic amines) is 2. The van der Waals surface area contributed by atoms with E-state index < -0.39 is 0 Å². The summed E-state index contributed by atoms with van der Waals surface area (Å²) in [6.07, 6.45) is 5.20. The van der Waals surface area contributed by atoms with E-state index in [2.05, 4.69) is 39.0 Å². The maximum Gasteiger partial charge on any atom is 0.138 e. The number of ether oxygens (including phenoxy) is 3. The fraction of sp³-hybridized carbons (Fsp3) is 0.382. The summed E-state index contributed by atoms with van der Waals surface area (Å²) >= 11 is 0. The van der Waals surface area contributed by atoms with Crippen LogP contribution >= 0.6 is 0 Å². The first-order valence-corrected chi connectivity index (χ1v) is 14.9. The van der Waals surface area contributed by atoms with Gasteiger partial charge in [-0.3, -0.25) is 9.80 Å². The Morgan fingerprint density at radius 2 is 1.07 bits per heavy atom. The molecule has 3 heterocycles. The van der Waals surface area contributed by atoms with Crippen LogP contribution in [0.5, 0.6) is 17.2 Å². The van der Waals surface area contributed by atoms with Crippen molar-refractivity contribution in [3.05, 3.63) is 72.8 Å². The molecule has 0 spiro atoms.